The Morgan fingerprint density at radius 2 is 1.53 bits per heavy atom. The van der Waals surface area contributed by atoms with Crippen LogP contribution in [0.3, 0.4) is 0 Å². The molecule has 0 amide bonds. The highest BCUT2D eigenvalue weighted by atomic mass is 19.4. The molecule has 0 aliphatic rings. The van der Waals surface area contributed by atoms with Crippen LogP contribution in [0.2, 0.25) is 0 Å². The van der Waals surface area contributed by atoms with Crippen LogP contribution in [0.5, 0.6) is 0 Å². The van der Waals surface area contributed by atoms with E-state index in [9.17, 15) is 26.3 Å². The molecule has 0 saturated heterocycles. The summed E-state index contributed by atoms with van der Waals surface area (Å²) < 4.78 is 74.9. The number of rotatable bonds is 2. The molecule has 8 heteroatoms. The molecule has 1 unspecified atom stereocenters. The second-order valence-corrected chi connectivity index (χ2v) is 3.23. The van der Waals surface area contributed by atoms with Gasteiger partial charge in [-0.2, -0.15) is 26.3 Å². The molecular weight excluding hydrogens is 250 g/mol. The van der Waals surface area contributed by atoms with Crippen molar-refractivity contribution in [1.82, 2.24) is 5.43 Å². The summed E-state index contributed by atoms with van der Waals surface area (Å²) >= 11 is 0. The monoisotopic (exact) mass is 258 g/mol. The van der Waals surface area contributed by atoms with Crippen molar-refractivity contribution in [2.45, 2.75) is 18.4 Å². The molecule has 0 radical (unpaired) electrons. The summed E-state index contributed by atoms with van der Waals surface area (Å²) in [5, 5.41) is 0. The summed E-state index contributed by atoms with van der Waals surface area (Å²) in [5.74, 6) is 4.67. The number of hydrogen-bond acceptors (Lipinski definition) is 2. The van der Waals surface area contributed by atoms with E-state index in [0.717, 1.165) is 18.2 Å². The quantitative estimate of drug-likeness (QED) is 0.486. The third-order valence-corrected chi connectivity index (χ3v) is 2.07. The van der Waals surface area contributed by atoms with Gasteiger partial charge in [0.1, 0.15) is 6.04 Å². The van der Waals surface area contributed by atoms with Gasteiger partial charge in [-0.05, 0) is 11.6 Å². The predicted octanol–water partition coefficient (Wildman–Crippen LogP) is 2.77. The maximum atomic E-state index is 12.5. The van der Waals surface area contributed by atoms with Gasteiger partial charge in [-0.1, -0.05) is 18.2 Å². The Balaban J connectivity index is 3.30. The fraction of sp³-hybridized carbons (Fsp3) is 0.333. The van der Waals surface area contributed by atoms with Gasteiger partial charge in [0.25, 0.3) is 0 Å². The van der Waals surface area contributed by atoms with E-state index in [-0.39, 0.29) is 0 Å². The van der Waals surface area contributed by atoms with Crippen molar-refractivity contribution in [3.63, 3.8) is 0 Å². The normalized spacial score (nSPS) is 14.8. The number of hydrogen-bond donors (Lipinski definition) is 2. The van der Waals surface area contributed by atoms with Crippen molar-refractivity contribution >= 4 is 0 Å². The van der Waals surface area contributed by atoms with Crippen LogP contribution in [0.15, 0.2) is 24.3 Å². The molecule has 0 fully saturated rings. The van der Waals surface area contributed by atoms with Crippen LogP contribution in [-0.4, -0.2) is 6.18 Å². The van der Waals surface area contributed by atoms with E-state index in [1.807, 2.05) is 0 Å². The van der Waals surface area contributed by atoms with Gasteiger partial charge in [-0.3, -0.25) is 5.84 Å². The van der Waals surface area contributed by atoms with Gasteiger partial charge in [-0.15, -0.1) is 0 Å². The highest BCUT2D eigenvalue weighted by molar-refractivity contribution is 5.33. The van der Waals surface area contributed by atoms with Crippen LogP contribution in [0.1, 0.15) is 17.2 Å². The van der Waals surface area contributed by atoms with Gasteiger partial charge in [0.2, 0.25) is 0 Å². The number of halogens is 6. The Labute approximate surface area is 92.4 Å². The van der Waals surface area contributed by atoms with Crippen LogP contribution in [-0.2, 0) is 6.18 Å². The fourth-order valence-electron chi connectivity index (χ4n) is 1.37. The summed E-state index contributed by atoms with van der Waals surface area (Å²) in [6.45, 7) is 0. The molecule has 1 aromatic rings. The highest BCUT2D eigenvalue weighted by Crippen LogP contribution is 2.39. The molecule has 0 spiro atoms. The van der Waals surface area contributed by atoms with Crippen LogP contribution in [0.25, 0.3) is 0 Å². The third kappa shape index (κ3) is 3.10. The first kappa shape index (κ1) is 13.8. The molecule has 1 atom stereocenters. The Hall–Kier alpha value is -1.28. The molecule has 1 aromatic carbocycles. The van der Waals surface area contributed by atoms with Gasteiger partial charge in [-0.25, -0.2) is 5.43 Å². The zero-order valence-electron chi connectivity index (χ0n) is 8.23. The van der Waals surface area contributed by atoms with E-state index >= 15 is 0 Å². The Kier molecular flexibility index (Phi) is 3.68. The smallest absolute Gasteiger partial charge is 0.271 e. The standard InChI is InChI=1S/C9H8F6N2/c10-8(11,12)6-4-2-1-3-5(6)7(17-16)9(13,14)15/h1-4,7,17H,16H2. The van der Waals surface area contributed by atoms with Crippen molar-refractivity contribution in [2.24, 2.45) is 5.84 Å². The lowest BCUT2D eigenvalue weighted by Gasteiger charge is -2.23. The fourth-order valence-corrected chi connectivity index (χ4v) is 1.37. The molecule has 0 aliphatic heterocycles. The lowest BCUT2D eigenvalue weighted by atomic mass is 10.00. The SMILES string of the molecule is NNC(c1ccccc1C(F)(F)F)C(F)(F)F. The summed E-state index contributed by atoms with van der Waals surface area (Å²) in [7, 11) is 0. The number of benzene rings is 1. The molecular formula is C9H8F6N2. The first-order valence-electron chi connectivity index (χ1n) is 4.37. The second-order valence-electron chi connectivity index (χ2n) is 3.23. The third-order valence-electron chi connectivity index (χ3n) is 2.07. The van der Waals surface area contributed by atoms with Crippen molar-refractivity contribution in [1.29, 1.82) is 0 Å². The van der Waals surface area contributed by atoms with Crippen LogP contribution >= 0.6 is 0 Å². The Morgan fingerprint density at radius 3 is 1.94 bits per heavy atom. The Morgan fingerprint density at radius 1 is 1.00 bits per heavy atom. The van der Waals surface area contributed by atoms with Crippen molar-refractivity contribution in [3.05, 3.63) is 35.4 Å². The van der Waals surface area contributed by atoms with Crippen LogP contribution < -0.4 is 11.3 Å². The van der Waals surface area contributed by atoms with Gasteiger partial charge >= 0.3 is 12.4 Å². The summed E-state index contributed by atoms with van der Waals surface area (Å²) in [6, 6.07) is 0.851. The topological polar surface area (TPSA) is 38.0 Å². The van der Waals surface area contributed by atoms with Gasteiger partial charge in [0, 0.05) is 0 Å². The molecule has 2 nitrogen and oxygen atoms in total. The molecule has 0 heterocycles. The molecule has 0 bridgehead atoms. The first-order chi connectivity index (χ1) is 7.68. The Bertz CT molecular complexity index is 384. The predicted molar refractivity (Wildman–Crippen MR) is 47.6 cm³/mol. The number of nitrogens with two attached hydrogens (primary N) is 1. The molecule has 17 heavy (non-hydrogen) atoms. The lowest BCUT2D eigenvalue weighted by molar-refractivity contribution is -0.162. The van der Waals surface area contributed by atoms with Crippen LogP contribution in [0, 0.1) is 0 Å². The molecule has 3 N–H and O–H groups in total. The maximum absolute atomic E-state index is 12.5. The highest BCUT2D eigenvalue weighted by Gasteiger charge is 2.45. The summed E-state index contributed by atoms with van der Waals surface area (Å²) in [4.78, 5) is 0. The van der Waals surface area contributed by atoms with Gasteiger partial charge < -0.3 is 0 Å². The maximum Gasteiger partial charge on any atom is 0.416 e. The summed E-state index contributed by atoms with van der Waals surface area (Å²) in [5.41, 5.74) is -0.964. The van der Waals surface area contributed by atoms with Crippen molar-refractivity contribution in [2.75, 3.05) is 0 Å². The molecule has 96 valence electrons. The number of hydrazine groups is 1. The molecule has 0 aliphatic carbocycles. The minimum absolute atomic E-state index is 0.575. The van der Waals surface area contributed by atoms with E-state index in [2.05, 4.69) is 5.84 Å². The number of alkyl halides is 6. The van der Waals surface area contributed by atoms with E-state index < -0.39 is 29.5 Å². The second kappa shape index (κ2) is 4.53. The zero-order valence-corrected chi connectivity index (χ0v) is 8.23. The van der Waals surface area contributed by atoms with Gasteiger partial charge in [0.05, 0.1) is 5.56 Å². The lowest BCUT2D eigenvalue weighted by Crippen LogP contribution is -2.39. The van der Waals surface area contributed by atoms with Crippen molar-refractivity contribution in [3.8, 4) is 0 Å². The molecule has 0 saturated carbocycles. The van der Waals surface area contributed by atoms with Crippen LogP contribution in [0.4, 0.5) is 26.3 Å². The van der Waals surface area contributed by atoms with E-state index in [0.29, 0.717) is 6.07 Å². The van der Waals surface area contributed by atoms with Gasteiger partial charge in [0.15, 0.2) is 0 Å². The average Bonchev–Trinajstić information content (AvgIpc) is 2.15. The molecule has 0 aromatic heterocycles. The number of nitrogens with one attached hydrogen (secondary N) is 1. The molecule has 1 rings (SSSR count). The van der Waals surface area contributed by atoms with E-state index in [1.165, 1.54) is 5.43 Å². The first-order valence-corrected chi connectivity index (χ1v) is 4.37. The van der Waals surface area contributed by atoms with E-state index in [1.54, 1.807) is 0 Å². The minimum Gasteiger partial charge on any atom is -0.271 e. The summed E-state index contributed by atoms with van der Waals surface area (Å²) in [6.07, 6.45) is -9.77. The zero-order chi connectivity index (χ0) is 13.3. The average molecular weight is 258 g/mol. The van der Waals surface area contributed by atoms with E-state index in [4.69, 9.17) is 0 Å². The minimum atomic E-state index is -4.91. The van der Waals surface area contributed by atoms with Crippen molar-refractivity contribution < 1.29 is 26.3 Å². The largest absolute Gasteiger partial charge is 0.416 e.